The van der Waals surface area contributed by atoms with Gasteiger partial charge in [0.25, 0.3) is 5.91 Å². The van der Waals surface area contributed by atoms with Gasteiger partial charge in [0.1, 0.15) is 5.56 Å². The molecular formula is C21H27N3O3. The third-order valence-corrected chi connectivity index (χ3v) is 4.94. The molecule has 2 heterocycles. The van der Waals surface area contributed by atoms with Crippen molar-refractivity contribution in [2.24, 2.45) is 0 Å². The summed E-state index contributed by atoms with van der Waals surface area (Å²) in [5.74, 6) is 0.702. The van der Waals surface area contributed by atoms with Gasteiger partial charge < -0.3 is 14.7 Å². The number of amides is 2. The van der Waals surface area contributed by atoms with Crippen LogP contribution in [0.15, 0.2) is 28.8 Å². The van der Waals surface area contributed by atoms with E-state index in [0.29, 0.717) is 35.5 Å². The summed E-state index contributed by atoms with van der Waals surface area (Å²) in [7, 11) is 0. The van der Waals surface area contributed by atoms with E-state index in [-0.39, 0.29) is 17.7 Å². The van der Waals surface area contributed by atoms with Crippen molar-refractivity contribution in [2.45, 2.75) is 52.4 Å². The van der Waals surface area contributed by atoms with Crippen LogP contribution in [-0.2, 0) is 11.2 Å². The van der Waals surface area contributed by atoms with Gasteiger partial charge in [-0.1, -0.05) is 31.1 Å². The zero-order chi connectivity index (χ0) is 19.4. The maximum absolute atomic E-state index is 12.6. The first-order valence-corrected chi connectivity index (χ1v) is 9.60. The van der Waals surface area contributed by atoms with Gasteiger partial charge in [0.2, 0.25) is 5.91 Å². The van der Waals surface area contributed by atoms with Crippen LogP contribution in [0, 0.1) is 6.92 Å². The fourth-order valence-electron chi connectivity index (χ4n) is 3.38. The lowest BCUT2D eigenvalue weighted by atomic mass is 10.0. The molecule has 0 saturated carbocycles. The number of anilines is 1. The number of nitrogens with zero attached hydrogens (tertiary/aromatic N) is 2. The van der Waals surface area contributed by atoms with Crippen LogP contribution in [0.1, 0.15) is 66.4 Å². The second-order valence-corrected chi connectivity index (χ2v) is 7.40. The highest BCUT2D eigenvalue weighted by Gasteiger charge is 2.22. The molecule has 1 aromatic heterocycles. The second kappa shape index (κ2) is 8.37. The quantitative estimate of drug-likeness (QED) is 0.837. The summed E-state index contributed by atoms with van der Waals surface area (Å²) < 4.78 is 5.28. The number of rotatable bonds is 6. The number of hydrogen-bond donors (Lipinski definition) is 1. The monoisotopic (exact) mass is 369 g/mol. The zero-order valence-corrected chi connectivity index (χ0v) is 16.2. The zero-order valence-electron chi connectivity index (χ0n) is 16.2. The Morgan fingerprint density at radius 2 is 1.85 bits per heavy atom. The molecule has 6 heteroatoms. The average molecular weight is 369 g/mol. The van der Waals surface area contributed by atoms with Gasteiger partial charge in [-0.15, -0.1) is 0 Å². The van der Waals surface area contributed by atoms with E-state index in [1.54, 1.807) is 6.92 Å². The number of carbonyl (C=O) groups excluding carboxylic acids is 2. The summed E-state index contributed by atoms with van der Waals surface area (Å²) in [6.45, 7) is 7.49. The van der Waals surface area contributed by atoms with Crippen LogP contribution < -0.4 is 5.32 Å². The summed E-state index contributed by atoms with van der Waals surface area (Å²) in [6.07, 6.45) is 3.48. The Morgan fingerprint density at radius 3 is 2.48 bits per heavy atom. The van der Waals surface area contributed by atoms with Gasteiger partial charge >= 0.3 is 0 Å². The molecular weight excluding hydrogens is 342 g/mol. The minimum absolute atomic E-state index is 0.0856. The number of hydrogen-bond acceptors (Lipinski definition) is 4. The van der Waals surface area contributed by atoms with E-state index in [1.165, 1.54) is 0 Å². The molecule has 2 aromatic rings. The van der Waals surface area contributed by atoms with E-state index in [0.717, 1.165) is 31.5 Å². The minimum Gasteiger partial charge on any atom is -0.360 e. The molecule has 144 valence electrons. The molecule has 2 amide bonds. The van der Waals surface area contributed by atoms with Crippen LogP contribution >= 0.6 is 0 Å². The molecule has 0 aliphatic carbocycles. The highest BCUT2D eigenvalue weighted by atomic mass is 16.5. The number of likely N-dealkylation sites (tertiary alicyclic amines) is 1. The number of aryl methyl sites for hydroxylation is 2. The minimum atomic E-state index is -0.214. The molecule has 0 unspecified atom stereocenters. The maximum atomic E-state index is 12.6. The molecule has 27 heavy (non-hydrogen) atoms. The van der Waals surface area contributed by atoms with Gasteiger partial charge in [-0.05, 0) is 43.9 Å². The largest absolute Gasteiger partial charge is 0.360 e. The summed E-state index contributed by atoms with van der Waals surface area (Å²) in [6, 6.07) is 7.64. The Hall–Kier alpha value is -2.63. The molecule has 1 fully saturated rings. The van der Waals surface area contributed by atoms with Gasteiger partial charge in [0, 0.05) is 31.1 Å². The first-order chi connectivity index (χ1) is 13.0. The molecule has 0 bridgehead atoms. The maximum Gasteiger partial charge on any atom is 0.261 e. The lowest BCUT2D eigenvalue weighted by molar-refractivity contribution is -0.130. The van der Waals surface area contributed by atoms with Crippen molar-refractivity contribution in [1.82, 2.24) is 10.1 Å². The Balaban J connectivity index is 1.58. The number of nitrogens with one attached hydrogen (secondary N) is 1. The van der Waals surface area contributed by atoms with Crippen molar-refractivity contribution in [1.29, 1.82) is 0 Å². The first kappa shape index (κ1) is 19.1. The van der Waals surface area contributed by atoms with Gasteiger partial charge in [0.15, 0.2) is 5.76 Å². The summed E-state index contributed by atoms with van der Waals surface area (Å²) in [4.78, 5) is 26.7. The van der Waals surface area contributed by atoms with Crippen molar-refractivity contribution >= 4 is 17.5 Å². The fourth-order valence-corrected chi connectivity index (χ4v) is 3.38. The molecule has 0 radical (unpaired) electrons. The van der Waals surface area contributed by atoms with Gasteiger partial charge in [-0.2, -0.15) is 0 Å². The first-order valence-electron chi connectivity index (χ1n) is 9.60. The standard InChI is InChI=1S/C21H27N3O3/c1-14(2)20-19(15(3)23-27-20)21(26)22-17-9-6-16(7-10-17)8-11-18(25)24-12-4-5-13-24/h6-7,9-10,14H,4-5,8,11-13H2,1-3H3,(H,22,26). The van der Waals surface area contributed by atoms with Crippen molar-refractivity contribution < 1.29 is 14.1 Å². The highest BCUT2D eigenvalue weighted by molar-refractivity contribution is 6.05. The van der Waals surface area contributed by atoms with Gasteiger partial charge in [-0.3, -0.25) is 9.59 Å². The lowest BCUT2D eigenvalue weighted by Gasteiger charge is -2.15. The van der Waals surface area contributed by atoms with E-state index in [2.05, 4.69) is 10.5 Å². The molecule has 0 spiro atoms. The van der Waals surface area contributed by atoms with E-state index in [1.807, 2.05) is 43.0 Å². The van der Waals surface area contributed by atoms with Crippen molar-refractivity contribution in [3.63, 3.8) is 0 Å². The SMILES string of the molecule is Cc1noc(C(C)C)c1C(=O)Nc1ccc(CCC(=O)N2CCCC2)cc1. The predicted octanol–water partition coefficient (Wildman–Crippen LogP) is 3.91. The normalized spacial score (nSPS) is 14.0. The Bertz CT molecular complexity index is 803. The van der Waals surface area contributed by atoms with Crippen molar-refractivity contribution in [2.75, 3.05) is 18.4 Å². The summed E-state index contributed by atoms with van der Waals surface area (Å²) >= 11 is 0. The van der Waals surface area contributed by atoms with Crippen LogP contribution in [0.25, 0.3) is 0 Å². The van der Waals surface area contributed by atoms with Crippen molar-refractivity contribution in [3.05, 3.63) is 46.8 Å². The van der Waals surface area contributed by atoms with Gasteiger partial charge in [-0.25, -0.2) is 0 Å². The average Bonchev–Trinajstić information content (AvgIpc) is 3.30. The second-order valence-electron chi connectivity index (χ2n) is 7.40. The summed E-state index contributed by atoms with van der Waals surface area (Å²) in [5.41, 5.74) is 2.90. The molecule has 1 aliphatic heterocycles. The van der Waals surface area contributed by atoms with E-state index >= 15 is 0 Å². The van der Waals surface area contributed by atoms with Crippen LogP contribution in [0.3, 0.4) is 0 Å². The van der Waals surface area contributed by atoms with Crippen LogP contribution in [0.2, 0.25) is 0 Å². The molecule has 1 aliphatic rings. The van der Waals surface area contributed by atoms with E-state index in [4.69, 9.17) is 4.52 Å². The summed E-state index contributed by atoms with van der Waals surface area (Å²) in [5, 5.41) is 6.82. The lowest BCUT2D eigenvalue weighted by Crippen LogP contribution is -2.27. The van der Waals surface area contributed by atoms with Crippen LogP contribution in [-0.4, -0.2) is 35.0 Å². The third-order valence-electron chi connectivity index (χ3n) is 4.94. The molecule has 1 aromatic carbocycles. The number of aromatic nitrogens is 1. The predicted molar refractivity (Wildman–Crippen MR) is 104 cm³/mol. The molecule has 6 nitrogen and oxygen atoms in total. The van der Waals surface area contributed by atoms with Gasteiger partial charge in [0.05, 0.1) is 5.69 Å². The highest BCUT2D eigenvalue weighted by Crippen LogP contribution is 2.23. The Morgan fingerprint density at radius 1 is 1.19 bits per heavy atom. The topological polar surface area (TPSA) is 75.4 Å². The van der Waals surface area contributed by atoms with Crippen LogP contribution in [0.5, 0.6) is 0 Å². The molecule has 0 atom stereocenters. The van der Waals surface area contributed by atoms with E-state index < -0.39 is 0 Å². The molecule has 3 rings (SSSR count). The number of benzene rings is 1. The molecule has 1 saturated heterocycles. The number of carbonyl (C=O) groups is 2. The van der Waals surface area contributed by atoms with Crippen molar-refractivity contribution in [3.8, 4) is 0 Å². The van der Waals surface area contributed by atoms with E-state index in [9.17, 15) is 9.59 Å². The Labute approximate surface area is 159 Å². The molecule has 1 N–H and O–H groups in total. The third kappa shape index (κ3) is 4.56. The fraction of sp³-hybridized carbons (Fsp3) is 0.476. The van der Waals surface area contributed by atoms with Crippen LogP contribution in [0.4, 0.5) is 5.69 Å². The smallest absolute Gasteiger partial charge is 0.261 e. The Kier molecular flexibility index (Phi) is 5.94.